The number of anilines is 2. The van der Waals surface area contributed by atoms with E-state index in [1.54, 1.807) is 51.4 Å². The van der Waals surface area contributed by atoms with Gasteiger partial charge in [0.25, 0.3) is 5.91 Å². The van der Waals surface area contributed by atoms with E-state index in [0.29, 0.717) is 19.5 Å². The Labute approximate surface area is 236 Å². The molecule has 9 nitrogen and oxygen atoms in total. The molecule has 0 radical (unpaired) electrons. The fraction of sp³-hybridized carbons (Fsp3) is 0.379. The van der Waals surface area contributed by atoms with Crippen LogP contribution < -0.4 is 15.4 Å². The first-order valence-corrected chi connectivity index (χ1v) is 13.1. The maximum Gasteiger partial charge on any atom is 0.416 e. The van der Waals surface area contributed by atoms with Gasteiger partial charge in [-0.05, 0) is 75.6 Å². The molecule has 0 saturated carbocycles. The lowest BCUT2D eigenvalue weighted by atomic mass is 10.1. The van der Waals surface area contributed by atoms with Crippen molar-refractivity contribution in [2.24, 2.45) is 0 Å². The van der Waals surface area contributed by atoms with Crippen LogP contribution in [0.5, 0.6) is 5.75 Å². The molecule has 1 aromatic carbocycles. The molecular formula is C29H32F3N5O4. The van der Waals surface area contributed by atoms with Crippen LogP contribution in [0, 0.1) is 0 Å². The van der Waals surface area contributed by atoms with Crippen LogP contribution in [0.1, 0.15) is 55.1 Å². The third kappa shape index (κ3) is 8.32. The van der Waals surface area contributed by atoms with E-state index in [1.165, 1.54) is 23.2 Å². The number of likely N-dealkylation sites (tertiary alicyclic amines) is 1. The first-order chi connectivity index (χ1) is 19.4. The number of nitrogens with zero attached hydrogens (tertiary/aromatic N) is 3. The molecule has 3 heterocycles. The number of carbonyl (C=O) groups is 2. The molecule has 1 atom stereocenters. The van der Waals surface area contributed by atoms with Crippen LogP contribution in [-0.2, 0) is 17.5 Å². The average molecular weight is 572 g/mol. The zero-order valence-corrected chi connectivity index (χ0v) is 23.0. The number of nitrogens with one attached hydrogen (secondary N) is 2. The molecule has 2 aromatic heterocycles. The molecule has 218 valence electrons. The lowest BCUT2D eigenvalue weighted by Crippen LogP contribution is -2.42. The van der Waals surface area contributed by atoms with Crippen LogP contribution in [0.4, 0.5) is 29.5 Å². The molecule has 12 heteroatoms. The van der Waals surface area contributed by atoms with Crippen molar-refractivity contribution in [2.75, 3.05) is 23.8 Å². The van der Waals surface area contributed by atoms with E-state index in [9.17, 15) is 22.8 Å². The molecule has 0 bridgehead atoms. The number of benzene rings is 1. The van der Waals surface area contributed by atoms with Crippen molar-refractivity contribution >= 4 is 23.5 Å². The third-order valence-corrected chi connectivity index (χ3v) is 6.20. The van der Waals surface area contributed by atoms with E-state index in [2.05, 4.69) is 20.6 Å². The van der Waals surface area contributed by atoms with Crippen LogP contribution in [0.3, 0.4) is 0 Å². The fourth-order valence-electron chi connectivity index (χ4n) is 4.29. The van der Waals surface area contributed by atoms with Crippen molar-refractivity contribution in [3.8, 4) is 5.75 Å². The average Bonchev–Trinajstić information content (AvgIpc) is 3.39. The zero-order valence-electron chi connectivity index (χ0n) is 23.0. The summed E-state index contributed by atoms with van der Waals surface area (Å²) >= 11 is 0. The van der Waals surface area contributed by atoms with Gasteiger partial charge in [0.2, 0.25) is 0 Å². The van der Waals surface area contributed by atoms with Crippen molar-refractivity contribution < 1.29 is 32.2 Å². The predicted molar refractivity (Wildman–Crippen MR) is 147 cm³/mol. The molecule has 1 aliphatic heterocycles. The van der Waals surface area contributed by atoms with Gasteiger partial charge in [0.05, 0.1) is 17.2 Å². The maximum atomic E-state index is 13.7. The molecule has 0 aliphatic carbocycles. The van der Waals surface area contributed by atoms with Gasteiger partial charge in [-0.3, -0.25) is 9.78 Å². The van der Waals surface area contributed by atoms with Gasteiger partial charge in [-0.15, -0.1) is 0 Å². The number of hydrogen-bond donors (Lipinski definition) is 2. The van der Waals surface area contributed by atoms with E-state index in [-0.39, 0.29) is 35.5 Å². The minimum absolute atomic E-state index is 0.0282. The number of alkyl halides is 3. The van der Waals surface area contributed by atoms with Crippen molar-refractivity contribution in [3.63, 3.8) is 0 Å². The number of ether oxygens (including phenoxy) is 2. The van der Waals surface area contributed by atoms with Gasteiger partial charge in [-0.2, -0.15) is 13.2 Å². The van der Waals surface area contributed by atoms with Gasteiger partial charge in [0.1, 0.15) is 23.8 Å². The largest absolute Gasteiger partial charge is 0.491 e. The molecule has 41 heavy (non-hydrogen) atoms. The summed E-state index contributed by atoms with van der Waals surface area (Å²) in [5.74, 6) is -0.463. The Balaban J connectivity index is 1.49. The number of aromatic nitrogens is 2. The van der Waals surface area contributed by atoms with Crippen LogP contribution in [0.25, 0.3) is 0 Å². The predicted octanol–water partition coefficient (Wildman–Crippen LogP) is 6.14. The van der Waals surface area contributed by atoms with Gasteiger partial charge in [-0.25, -0.2) is 9.78 Å². The summed E-state index contributed by atoms with van der Waals surface area (Å²) in [6, 6.07) is 9.36. The molecule has 3 aromatic rings. The van der Waals surface area contributed by atoms with Gasteiger partial charge in [0, 0.05) is 43.4 Å². The number of pyridine rings is 2. The summed E-state index contributed by atoms with van der Waals surface area (Å²) in [7, 11) is 0. The minimum atomic E-state index is -4.68. The van der Waals surface area contributed by atoms with Crippen molar-refractivity contribution in [3.05, 3.63) is 77.7 Å². The number of hydrogen-bond acceptors (Lipinski definition) is 7. The first-order valence-electron chi connectivity index (χ1n) is 13.1. The van der Waals surface area contributed by atoms with Crippen LogP contribution >= 0.6 is 0 Å². The molecule has 2 N–H and O–H groups in total. The Morgan fingerprint density at radius 2 is 1.83 bits per heavy atom. The monoisotopic (exact) mass is 571 g/mol. The maximum absolute atomic E-state index is 13.7. The van der Waals surface area contributed by atoms with E-state index >= 15 is 0 Å². The highest BCUT2D eigenvalue weighted by Gasteiger charge is 2.34. The molecular weight excluding hydrogens is 539 g/mol. The Kier molecular flexibility index (Phi) is 8.99. The second kappa shape index (κ2) is 12.4. The molecule has 0 unspecified atom stereocenters. The van der Waals surface area contributed by atoms with Gasteiger partial charge >= 0.3 is 12.3 Å². The second-order valence-electron chi connectivity index (χ2n) is 10.6. The van der Waals surface area contributed by atoms with Crippen molar-refractivity contribution in [1.29, 1.82) is 0 Å². The van der Waals surface area contributed by atoms with E-state index < -0.39 is 29.3 Å². The normalized spacial score (nSPS) is 15.4. The molecule has 1 aliphatic rings. The molecule has 1 fully saturated rings. The van der Waals surface area contributed by atoms with E-state index in [1.807, 2.05) is 0 Å². The lowest BCUT2D eigenvalue weighted by molar-refractivity contribution is -0.137. The number of halogens is 3. The first kappa shape index (κ1) is 29.6. The Hall–Kier alpha value is -4.35. The van der Waals surface area contributed by atoms with Gasteiger partial charge in [0.15, 0.2) is 0 Å². The van der Waals surface area contributed by atoms with Crippen LogP contribution in [0.2, 0.25) is 0 Å². The SMILES string of the molecule is CC(C)(C)OC(=O)N1CCC[C@@H]1COc1cc(NC(=O)c2cccnc2NCc2ccncc2)cc(C(F)(F)F)c1. The smallest absolute Gasteiger partial charge is 0.416 e. The minimum Gasteiger partial charge on any atom is -0.491 e. The number of carbonyl (C=O) groups excluding carboxylic acids is 2. The fourth-order valence-corrected chi connectivity index (χ4v) is 4.29. The summed E-state index contributed by atoms with van der Waals surface area (Å²) < 4.78 is 52.4. The van der Waals surface area contributed by atoms with Crippen molar-refractivity contribution in [1.82, 2.24) is 14.9 Å². The molecule has 1 saturated heterocycles. The third-order valence-electron chi connectivity index (χ3n) is 6.20. The standard InChI is InChI=1S/C29H32F3N5O4/c1-28(2,3)41-27(39)37-13-5-6-22(37)18-40-23-15-20(29(30,31)32)14-21(16-23)36-26(38)24-7-4-10-34-25(24)35-17-19-8-11-33-12-9-19/h4,7-12,14-16,22H,5-6,13,17-18H2,1-3H3,(H,34,35)(H,36,38)/t22-/m1/s1. The highest BCUT2D eigenvalue weighted by atomic mass is 19.4. The number of rotatable bonds is 8. The lowest BCUT2D eigenvalue weighted by Gasteiger charge is -2.28. The van der Waals surface area contributed by atoms with Crippen molar-refractivity contribution in [2.45, 2.75) is 58.0 Å². The Morgan fingerprint density at radius 3 is 2.54 bits per heavy atom. The topological polar surface area (TPSA) is 106 Å². The highest BCUT2D eigenvalue weighted by molar-refractivity contribution is 6.07. The van der Waals surface area contributed by atoms with Crippen LogP contribution in [0.15, 0.2) is 61.1 Å². The molecule has 0 spiro atoms. The molecule has 2 amide bonds. The Bertz CT molecular complexity index is 1360. The molecule has 4 rings (SSSR count). The van der Waals surface area contributed by atoms with Gasteiger partial charge < -0.3 is 25.0 Å². The summed E-state index contributed by atoms with van der Waals surface area (Å²) in [5.41, 5.74) is -0.700. The zero-order chi connectivity index (χ0) is 29.6. The summed E-state index contributed by atoms with van der Waals surface area (Å²) in [6.07, 6.45) is 0.949. The summed E-state index contributed by atoms with van der Waals surface area (Å²) in [6.45, 7) is 6.08. The number of amides is 2. The quantitative estimate of drug-likeness (QED) is 0.335. The van der Waals surface area contributed by atoms with E-state index in [0.717, 1.165) is 24.1 Å². The second-order valence-corrected chi connectivity index (χ2v) is 10.6. The van der Waals surface area contributed by atoms with Gasteiger partial charge in [-0.1, -0.05) is 0 Å². The highest BCUT2D eigenvalue weighted by Crippen LogP contribution is 2.35. The summed E-state index contributed by atoms with van der Waals surface area (Å²) in [4.78, 5) is 35.4. The summed E-state index contributed by atoms with van der Waals surface area (Å²) in [5, 5.41) is 5.61. The van der Waals surface area contributed by atoms with E-state index in [4.69, 9.17) is 9.47 Å². The van der Waals surface area contributed by atoms with Crippen LogP contribution in [-0.4, -0.2) is 51.7 Å². The Morgan fingerprint density at radius 1 is 1.07 bits per heavy atom.